The fourth-order valence-electron chi connectivity index (χ4n) is 5.29. The lowest BCUT2D eigenvalue weighted by Crippen LogP contribution is -2.47. The van der Waals surface area contributed by atoms with Gasteiger partial charge in [-0.25, -0.2) is 4.98 Å². The topological polar surface area (TPSA) is 75.8 Å². The first-order valence-electron chi connectivity index (χ1n) is 12.2. The summed E-state index contributed by atoms with van der Waals surface area (Å²) in [6.45, 7) is 7.30. The van der Waals surface area contributed by atoms with Gasteiger partial charge in [-0.2, -0.15) is 0 Å². The van der Waals surface area contributed by atoms with E-state index >= 15 is 0 Å². The second kappa shape index (κ2) is 9.48. The zero-order chi connectivity index (χ0) is 21.9. The molecular weight excluding hydrogens is 404 g/mol. The first-order valence-corrected chi connectivity index (χ1v) is 12.2. The molecule has 0 radical (unpaired) electrons. The van der Waals surface area contributed by atoms with Crippen molar-refractivity contribution in [3.8, 4) is 0 Å². The summed E-state index contributed by atoms with van der Waals surface area (Å²) in [5.41, 5.74) is 2.05. The van der Waals surface area contributed by atoms with E-state index in [1.165, 1.54) is 0 Å². The van der Waals surface area contributed by atoms with E-state index in [1.807, 2.05) is 28.0 Å². The third-order valence-electron chi connectivity index (χ3n) is 7.24. The molecule has 3 saturated heterocycles. The van der Waals surface area contributed by atoms with Crippen LogP contribution < -0.4 is 4.90 Å². The maximum absolute atomic E-state index is 12.9. The number of H-pyrrole nitrogens is 1. The quantitative estimate of drug-likeness (QED) is 0.790. The van der Waals surface area contributed by atoms with Crippen molar-refractivity contribution in [1.29, 1.82) is 0 Å². The molecule has 0 saturated carbocycles. The Bertz CT molecular complexity index is 912. The van der Waals surface area contributed by atoms with E-state index in [4.69, 9.17) is 4.98 Å². The molecule has 8 nitrogen and oxygen atoms in total. The van der Waals surface area contributed by atoms with Crippen LogP contribution in [0.2, 0.25) is 0 Å². The molecule has 1 N–H and O–H groups in total. The lowest BCUT2D eigenvalue weighted by molar-refractivity contribution is -0.140. The monoisotopic (exact) mass is 438 g/mol. The molecule has 8 heteroatoms. The first-order chi connectivity index (χ1) is 15.7. The molecule has 32 heavy (non-hydrogen) atoms. The Kier molecular flexibility index (Phi) is 6.30. The standard InChI is InChI=1S/C24H34N6O2/c31-22(28-14-8-19(9-15-28)23(32)29-11-3-4-12-29)18-27-10-5-13-30(17-16-27)24-25-20-6-1-2-7-21(20)26-24/h1-2,6-7,19H,3-5,8-18H2,(H,25,26). The predicted octanol–water partition coefficient (Wildman–Crippen LogP) is 1.94. The number of para-hydroxylation sites is 2. The Morgan fingerprint density at radius 1 is 0.875 bits per heavy atom. The number of anilines is 1. The van der Waals surface area contributed by atoms with Crippen LogP contribution in [0.25, 0.3) is 11.0 Å². The average Bonchev–Trinajstić information content (AvgIpc) is 3.45. The molecule has 1 aromatic carbocycles. The molecule has 3 fully saturated rings. The highest BCUT2D eigenvalue weighted by Crippen LogP contribution is 2.23. The normalized spacial score (nSPS) is 21.3. The van der Waals surface area contributed by atoms with Crippen LogP contribution in [0.1, 0.15) is 32.1 Å². The number of nitrogens with one attached hydrogen (secondary N) is 1. The summed E-state index contributed by atoms with van der Waals surface area (Å²) in [7, 11) is 0. The van der Waals surface area contributed by atoms with Crippen LogP contribution in [0.4, 0.5) is 5.95 Å². The summed E-state index contributed by atoms with van der Waals surface area (Å²) in [6, 6.07) is 8.11. The van der Waals surface area contributed by atoms with Gasteiger partial charge < -0.3 is 19.7 Å². The minimum absolute atomic E-state index is 0.104. The van der Waals surface area contributed by atoms with Gasteiger partial charge >= 0.3 is 0 Å². The molecule has 0 atom stereocenters. The van der Waals surface area contributed by atoms with Crippen LogP contribution in [0.15, 0.2) is 24.3 Å². The maximum atomic E-state index is 12.9. The number of amides is 2. The van der Waals surface area contributed by atoms with Crippen LogP contribution in [-0.2, 0) is 9.59 Å². The fraction of sp³-hybridized carbons (Fsp3) is 0.625. The van der Waals surface area contributed by atoms with Crippen LogP contribution in [0.3, 0.4) is 0 Å². The number of benzene rings is 1. The van der Waals surface area contributed by atoms with Gasteiger partial charge in [0.25, 0.3) is 0 Å². The number of carbonyl (C=O) groups excluding carboxylic acids is 2. The van der Waals surface area contributed by atoms with E-state index in [2.05, 4.69) is 20.9 Å². The van der Waals surface area contributed by atoms with Crippen LogP contribution in [0.5, 0.6) is 0 Å². The molecule has 4 heterocycles. The van der Waals surface area contributed by atoms with Gasteiger partial charge in [-0.05, 0) is 44.2 Å². The number of hydrogen-bond donors (Lipinski definition) is 1. The summed E-state index contributed by atoms with van der Waals surface area (Å²) in [4.78, 5) is 42.3. The number of piperidine rings is 1. The van der Waals surface area contributed by atoms with Crippen LogP contribution in [-0.4, -0.2) is 95.4 Å². The van der Waals surface area contributed by atoms with E-state index in [0.717, 1.165) is 88.4 Å². The van der Waals surface area contributed by atoms with Gasteiger partial charge in [-0.15, -0.1) is 0 Å². The molecule has 2 amide bonds. The molecule has 2 aromatic rings. The smallest absolute Gasteiger partial charge is 0.236 e. The van der Waals surface area contributed by atoms with Crippen molar-refractivity contribution in [3.05, 3.63) is 24.3 Å². The second-order valence-electron chi connectivity index (χ2n) is 9.38. The van der Waals surface area contributed by atoms with E-state index in [1.54, 1.807) is 0 Å². The average molecular weight is 439 g/mol. The molecule has 3 aliphatic rings. The van der Waals surface area contributed by atoms with Gasteiger partial charge in [-0.3, -0.25) is 14.5 Å². The zero-order valence-electron chi connectivity index (χ0n) is 18.8. The van der Waals surface area contributed by atoms with Gasteiger partial charge in [0.15, 0.2) is 0 Å². The Labute approximate surface area is 189 Å². The number of rotatable bonds is 4. The van der Waals surface area contributed by atoms with Gasteiger partial charge in [0.2, 0.25) is 17.8 Å². The number of likely N-dealkylation sites (tertiary alicyclic amines) is 2. The second-order valence-corrected chi connectivity index (χ2v) is 9.38. The van der Waals surface area contributed by atoms with Crippen molar-refractivity contribution < 1.29 is 9.59 Å². The van der Waals surface area contributed by atoms with Gasteiger partial charge in [-0.1, -0.05) is 12.1 Å². The molecule has 1 aromatic heterocycles. The molecular formula is C24H34N6O2. The van der Waals surface area contributed by atoms with Gasteiger partial charge in [0.1, 0.15) is 0 Å². The van der Waals surface area contributed by atoms with E-state index in [9.17, 15) is 9.59 Å². The van der Waals surface area contributed by atoms with Crippen molar-refractivity contribution in [2.75, 3.05) is 63.8 Å². The summed E-state index contributed by atoms with van der Waals surface area (Å²) >= 11 is 0. The van der Waals surface area contributed by atoms with Crippen LogP contribution in [0, 0.1) is 5.92 Å². The SMILES string of the molecule is O=C(CN1CCCN(c2nc3ccccc3[nH]2)CC1)N1CCC(C(=O)N2CCCC2)CC1. The van der Waals surface area contributed by atoms with E-state index in [0.29, 0.717) is 25.5 Å². The largest absolute Gasteiger partial charge is 0.342 e. The summed E-state index contributed by atoms with van der Waals surface area (Å²) in [6.07, 6.45) is 4.89. The number of hydrogen-bond acceptors (Lipinski definition) is 5. The number of imidazole rings is 1. The molecule has 0 unspecified atom stereocenters. The van der Waals surface area contributed by atoms with E-state index in [-0.39, 0.29) is 11.8 Å². The maximum Gasteiger partial charge on any atom is 0.236 e. The van der Waals surface area contributed by atoms with E-state index < -0.39 is 0 Å². The summed E-state index contributed by atoms with van der Waals surface area (Å²) in [5.74, 6) is 1.54. The number of aromatic nitrogens is 2. The summed E-state index contributed by atoms with van der Waals surface area (Å²) in [5, 5.41) is 0. The number of aromatic amines is 1. The van der Waals surface area contributed by atoms with Crippen molar-refractivity contribution in [2.24, 2.45) is 5.92 Å². The Morgan fingerprint density at radius 2 is 1.66 bits per heavy atom. The highest BCUT2D eigenvalue weighted by Gasteiger charge is 2.31. The molecule has 3 aliphatic heterocycles. The Balaban J connectivity index is 1.10. The molecule has 0 aliphatic carbocycles. The van der Waals surface area contributed by atoms with Crippen molar-refractivity contribution in [3.63, 3.8) is 0 Å². The number of carbonyl (C=O) groups is 2. The first kappa shape index (κ1) is 21.2. The van der Waals surface area contributed by atoms with Crippen molar-refractivity contribution in [2.45, 2.75) is 32.1 Å². The lowest BCUT2D eigenvalue weighted by atomic mass is 9.95. The molecule has 5 rings (SSSR count). The Hall–Kier alpha value is -2.61. The molecule has 0 spiro atoms. The lowest BCUT2D eigenvalue weighted by Gasteiger charge is -2.34. The fourth-order valence-corrected chi connectivity index (χ4v) is 5.29. The number of fused-ring (bicyclic) bond motifs is 1. The predicted molar refractivity (Wildman–Crippen MR) is 124 cm³/mol. The Morgan fingerprint density at radius 3 is 2.44 bits per heavy atom. The van der Waals surface area contributed by atoms with Crippen molar-refractivity contribution in [1.82, 2.24) is 24.7 Å². The number of nitrogens with zero attached hydrogens (tertiary/aromatic N) is 5. The van der Waals surface area contributed by atoms with Gasteiger partial charge in [0.05, 0.1) is 17.6 Å². The highest BCUT2D eigenvalue weighted by atomic mass is 16.2. The third kappa shape index (κ3) is 4.60. The molecule has 172 valence electrons. The third-order valence-corrected chi connectivity index (χ3v) is 7.24. The molecule has 0 bridgehead atoms. The minimum Gasteiger partial charge on any atom is -0.342 e. The van der Waals surface area contributed by atoms with Gasteiger partial charge in [0, 0.05) is 58.3 Å². The summed E-state index contributed by atoms with van der Waals surface area (Å²) < 4.78 is 0. The minimum atomic E-state index is 0.104. The van der Waals surface area contributed by atoms with Crippen LogP contribution >= 0.6 is 0 Å². The van der Waals surface area contributed by atoms with Crippen molar-refractivity contribution >= 4 is 28.8 Å². The zero-order valence-corrected chi connectivity index (χ0v) is 18.8. The highest BCUT2D eigenvalue weighted by molar-refractivity contribution is 5.81.